The summed E-state index contributed by atoms with van der Waals surface area (Å²) < 4.78 is 5.79. The summed E-state index contributed by atoms with van der Waals surface area (Å²) in [6, 6.07) is 32.4. The number of nitrogens with one attached hydrogen (secondary N) is 1. The first-order valence-electron chi connectivity index (χ1n) is 8.92. The lowest BCUT2D eigenvalue weighted by Crippen LogP contribution is -2.08. The molecule has 0 radical (unpaired) electrons. The van der Waals surface area contributed by atoms with Gasteiger partial charge >= 0.3 is 0 Å². The van der Waals surface area contributed by atoms with Crippen LogP contribution in [0.5, 0.6) is 5.75 Å². The monoisotopic (exact) mass is 352 g/mol. The summed E-state index contributed by atoms with van der Waals surface area (Å²) in [5.74, 6) is 0.783. The molecule has 0 aliphatic heterocycles. The number of benzene rings is 4. The number of nitrogens with zero attached hydrogens (tertiary/aromatic N) is 1. The van der Waals surface area contributed by atoms with Crippen LogP contribution < -0.4 is 10.1 Å². The van der Waals surface area contributed by atoms with Gasteiger partial charge in [-0.05, 0) is 35.0 Å². The average Bonchev–Trinajstić information content (AvgIpc) is 2.73. The third-order valence-electron chi connectivity index (χ3n) is 4.28. The Hall–Kier alpha value is -3.59. The highest BCUT2D eigenvalue weighted by Gasteiger charge is 1.99. The highest BCUT2D eigenvalue weighted by molar-refractivity contribution is 6.00. The Kier molecular flexibility index (Phi) is 5.11. The first-order chi connectivity index (χ1) is 13.4. The predicted octanol–water partition coefficient (Wildman–Crippen LogP) is 6.04. The van der Waals surface area contributed by atoms with Gasteiger partial charge in [0, 0.05) is 23.5 Å². The molecule has 0 unspecified atom stereocenters. The number of aliphatic imine (C=N–C) groups is 1. The van der Waals surface area contributed by atoms with E-state index in [0.29, 0.717) is 6.73 Å². The molecule has 3 heteroatoms. The molecule has 4 aromatic carbocycles. The maximum Gasteiger partial charge on any atom is 0.159 e. The van der Waals surface area contributed by atoms with Crippen LogP contribution in [0.2, 0.25) is 0 Å². The summed E-state index contributed by atoms with van der Waals surface area (Å²) in [7, 11) is 0. The van der Waals surface area contributed by atoms with E-state index in [9.17, 15) is 0 Å². The van der Waals surface area contributed by atoms with E-state index in [1.54, 1.807) is 0 Å². The molecule has 0 heterocycles. The minimum absolute atomic E-state index is 0.403. The van der Waals surface area contributed by atoms with Crippen molar-refractivity contribution in [2.24, 2.45) is 4.99 Å². The molecule has 0 atom stereocenters. The average molecular weight is 352 g/mol. The van der Waals surface area contributed by atoms with Crippen molar-refractivity contribution in [3.05, 3.63) is 103 Å². The fraction of sp³-hybridized carbons (Fsp3) is 0.0417. The molecule has 0 aliphatic rings. The van der Waals surface area contributed by atoms with E-state index in [1.165, 1.54) is 10.8 Å². The molecular weight excluding hydrogens is 332 g/mol. The zero-order valence-electron chi connectivity index (χ0n) is 14.9. The fourth-order valence-electron chi connectivity index (χ4n) is 2.92. The molecule has 0 bridgehead atoms. The summed E-state index contributed by atoms with van der Waals surface area (Å²) in [5, 5.41) is 5.64. The lowest BCUT2D eigenvalue weighted by molar-refractivity contribution is 0.347. The van der Waals surface area contributed by atoms with Crippen LogP contribution in [0.4, 0.5) is 11.4 Å². The number of hydrogen-bond donors (Lipinski definition) is 1. The maximum atomic E-state index is 5.79. The number of anilines is 1. The van der Waals surface area contributed by atoms with E-state index in [0.717, 1.165) is 22.7 Å². The zero-order chi connectivity index (χ0) is 18.3. The van der Waals surface area contributed by atoms with E-state index >= 15 is 0 Å². The van der Waals surface area contributed by atoms with Crippen molar-refractivity contribution in [3.8, 4) is 5.75 Å². The summed E-state index contributed by atoms with van der Waals surface area (Å²) >= 11 is 0. The Morgan fingerprint density at radius 3 is 2.48 bits per heavy atom. The second-order valence-electron chi connectivity index (χ2n) is 6.16. The van der Waals surface area contributed by atoms with Gasteiger partial charge in [-0.3, -0.25) is 4.99 Å². The van der Waals surface area contributed by atoms with Crippen molar-refractivity contribution in [1.29, 1.82) is 0 Å². The van der Waals surface area contributed by atoms with Crippen LogP contribution in [0.3, 0.4) is 0 Å². The fourth-order valence-corrected chi connectivity index (χ4v) is 2.92. The number of hydrogen-bond acceptors (Lipinski definition) is 3. The van der Waals surface area contributed by atoms with E-state index in [-0.39, 0.29) is 0 Å². The quantitative estimate of drug-likeness (QED) is 0.339. The van der Waals surface area contributed by atoms with Crippen molar-refractivity contribution < 1.29 is 4.74 Å². The third kappa shape index (κ3) is 4.33. The number of ether oxygens (including phenoxy) is 1. The second-order valence-corrected chi connectivity index (χ2v) is 6.16. The zero-order valence-corrected chi connectivity index (χ0v) is 14.9. The van der Waals surface area contributed by atoms with Gasteiger partial charge in [-0.25, -0.2) is 0 Å². The smallest absolute Gasteiger partial charge is 0.159 e. The van der Waals surface area contributed by atoms with E-state index in [4.69, 9.17) is 4.74 Å². The Morgan fingerprint density at radius 1 is 0.778 bits per heavy atom. The van der Waals surface area contributed by atoms with E-state index < -0.39 is 0 Å². The van der Waals surface area contributed by atoms with E-state index in [2.05, 4.69) is 40.6 Å². The van der Waals surface area contributed by atoms with Crippen molar-refractivity contribution in [2.75, 3.05) is 12.0 Å². The van der Waals surface area contributed by atoms with Gasteiger partial charge in [0.1, 0.15) is 5.75 Å². The third-order valence-corrected chi connectivity index (χ3v) is 4.28. The SMILES string of the molecule is C(=Nc1cccc(OCNc2ccccc2)c1)c1cccc2ccccc12. The van der Waals surface area contributed by atoms with Crippen LogP contribution >= 0.6 is 0 Å². The van der Waals surface area contributed by atoms with Crippen LogP contribution in [-0.2, 0) is 0 Å². The molecule has 132 valence electrons. The normalized spacial score (nSPS) is 11.0. The molecule has 0 aliphatic carbocycles. The maximum absolute atomic E-state index is 5.79. The summed E-state index contributed by atoms with van der Waals surface area (Å²) in [5.41, 5.74) is 2.99. The van der Waals surface area contributed by atoms with Crippen molar-refractivity contribution >= 4 is 28.4 Å². The van der Waals surface area contributed by atoms with Gasteiger partial charge in [-0.2, -0.15) is 0 Å². The van der Waals surface area contributed by atoms with Crippen LogP contribution in [0.1, 0.15) is 5.56 Å². The lowest BCUT2D eigenvalue weighted by atomic mass is 10.1. The molecule has 4 rings (SSSR count). The topological polar surface area (TPSA) is 33.6 Å². The molecule has 0 amide bonds. The number of fused-ring (bicyclic) bond motifs is 1. The Morgan fingerprint density at radius 2 is 1.56 bits per heavy atom. The van der Waals surface area contributed by atoms with Gasteiger partial charge in [0.15, 0.2) is 6.73 Å². The van der Waals surface area contributed by atoms with Crippen LogP contribution in [0.15, 0.2) is 102 Å². The molecule has 0 saturated carbocycles. The number of rotatable bonds is 6. The molecule has 4 aromatic rings. The van der Waals surface area contributed by atoms with Crippen LogP contribution in [0, 0.1) is 0 Å². The van der Waals surface area contributed by atoms with Gasteiger partial charge < -0.3 is 10.1 Å². The van der Waals surface area contributed by atoms with Gasteiger partial charge in [0.2, 0.25) is 0 Å². The standard InChI is InChI=1S/C24H20N2O/c1-2-11-21(12-3-1)26-18-27-23-14-7-13-22(16-23)25-17-20-10-6-9-19-8-4-5-15-24(19)20/h1-17,26H,18H2. The largest absolute Gasteiger partial charge is 0.473 e. The van der Waals surface area contributed by atoms with Crippen LogP contribution in [-0.4, -0.2) is 12.9 Å². The van der Waals surface area contributed by atoms with Gasteiger partial charge in [0.05, 0.1) is 5.69 Å². The molecular formula is C24H20N2O. The van der Waals surface area contributed by atoms with Gasteiger partial charge in [-0.15, -0.1) is 0 Å². The molecule has 1 N–H and O–H groups in total. The minimum Gasteiger partial charge on any atom is -0.473 e. The molecule has 3 nitrogen and oxygen atoms in total. The predicted molar refractivity (Wildman–Crippen MR) is 113 cm³/mol. The first kappa shape index (κ1) is 16.9. The Bertz CT molecular complexity index is 1050. The summed E-state index contributed by atoms with van der Waals surface area (Å²) in [6.45, 7) is 0.403. The minimum atomic E-state index is 0.403. The molecule has 0 fully saturated rings. The molecule has 0 spiro atoms. The summed E-state index contributed by atoms with van der Waals surface area (Å²) in [4.78, 5) is 4.63. The highest BCUT2D eigenvalue weighted by Crippen LogP contribution is 2.22. The second kappa shape index (κ2) is 8.19. The van der Waals surface area contributed by atoms with Crippen molar-refractivity contribution in [1.82, 2.24) is 0 Å². The molecule has 0 aromatic heterocycles. The lowest BCUT2D eigenvalue weighted by Gasteiger charge is -2.09. The Balaban J connectivity index is 1.45. The summed E-state index contributed by atoms with van der Waals surface area (Å²) in [6.07, 6.45) is 1.91. The van der Waals surface area contributed by atoms with E-state index in [1.807, 2.05) is 72.9 Å². The Labute approximate surface area is 159 Å². The first-order valence-corrected chi connectivity index (χ1v) is 8.92. The van der Waals surface area contributed by atoms with Gasteiger partial charge in [0.25, 0.3) is 0 Å². The van der Waals surface area contributed by atoms with Crippen molar-refractivity contribution in [3.63, 3.8) is 0 Å². The van der Waals surface area contributed by atoms with Gasteiger partial charge in [-0.1, -0.05) is 66.7 Å². The van der Waals surface area contributed by atoms with Crippen LogP contribution in [0.25, 0.3) is 10.8 Å². The highest BCUT2D eigenvalue weighted by atomic mass is 16.5. The molecule has 0 saturated heterocycles. The molecule has 27 heavy (non-hydrogen) atoms. The van der Waals surface area contributed by atoms with Crippen molar-refractivity contribution in [2.45, 2.75) is 0 Å². The number of para-hydroxylation sites is 1.